The van der Waals surface area contributed by atoms with Gasteiger partial charge in [-0.25, -0.2) is 4.99 Å². The number of aliphatic imine (C=N–C) groups is 1. The second-order valence-electron chi connectivity index (χ2n) is 8.00. The van der Waals surface area contributed by atoms with Gasteiger partial charge in [0.2, 0.25) is 0 Å². The highest BCUT2D eigenvalue weighted by molar-refractivity contribution is 8.16. The quantitative estimate of drug-likeness (QED) is 0.253. The molecule has 0 saturated heterocycles. The maximum Gasteiger partial charge on any atom is 0.377 e. The molecule has 0 spiro atoms. The highest BCUT2D eigenvalue weighted by Crippen LogP contribution is 2.62. The van der Waals surface area contributed by atoms with Gasteiger partial charge in [0.15, 0.2) is 5.17 Å². The van der Waals surface area contributed by atoms with E-state index in [1.165, 1.54) is 26.0 Å². The maximum absolute atomic E-state index is 13.5. The van der Waals surface area contributed by atoms with E-state index >= 15 is 0 Å². The summed E-state index contributed by atoms with van der Waals surface area (Å²) in [6.45, 7) is 0.311. The second kappa shape index (κ2) is 11.9. The van der Waals surface area contributed by atoms with E-state index in [0.29, 0.717) is 28.0 Å². The van der Waals surface area contributed by atoms with E-state index in [1.807, 2.05) is 89.8 Å². The number of hydrogen-bond acceptors (Lipinski definition) is 7. The van der Waals surface area contributed by atoms with Gasteiger partial charge >= 0.3 is 7.60 Å². The Morgan fingerprint density at radius 2 is 1.65 bits per heavy atom. The molecule has 1 unspecified atom stereocenters. The van der Waals surface area contributed by atoms with Crippen LogP contribution in [0.4, 0.5) is 0 Å². The first-order valence-electron chi connectivity index (χ1n) is 11.2. The highest BCUT2D eigenvalue weighted by atomic mass is 35.5. The lowest BCUT2D eigenvalue weighted by atomic mass is 10.00. The fourth-order valence-corrected chi connectivity index (χ4v) is 6.85. The number of nitrogens with zero attached hydrogens (tertiary/aromatic N) is 2. The van der Waals surface area contributed by atoms with Crippen molar-refractivity contribution in [3.8, 4) is 5.75 Å². The molecular formula is C27H25Cl2N2O4PS. The molecule has 0 amide bonds. The van der Waals surface area contributed by atoms with Gasteiger partial charge in [-0.15, -0.1) is 12.4 Å². The fraction of sp³-hybridized carbons (Fsp3) is 0.148. The Morgan fingerprint density at radius 1 is 0.973 bits per heavy atom. The van der Waals surface area contributed by atoms with Crippen molar-refractivity contribution in [2.24, 2.45) is 4.99 Å². The normalized spacial score (nSPS) is 16.8. The second-order valence-corrected chi connectivity index (χ2v) is 11.4. The molecule has 192 valence electrons. The van der Waals surface area contributed by atoms with Gasteiger partial charge in [-0.05, 0) is 23.8 Å². The Bertz CT molecular complexity index is 1410. The van der Waals surface area contributed by atoms with Crippen molar-refractivity contribution in [1.29, 1.82) is 0 Å². The zero-order chi connectivity index (χ0) is 25.1. The summed E-state index contributed by atoms with van der Waals surface area (Å²) in [7, 11) is -0.785. The van der Waals surface area contributed by atoms with Crippen molar-refractivity contribution in [2.75, 3.05) is 14.2 Å². The van der Waals surface area contributed by atoms with Crippen LogP contribution in [0.25, 0.3) is 5.70 Å². The minimum Gasteiger partial charge on any atom is -0.488 e. The molecule has 10 heteroatoms. The Balaban J connectivity index is 0.00000320. The lowest BCUT2D eigenvalue weighted by molar-refractivity contribution is 0.269. The van der Waals surface area contributed by atoms with Gasteiger partial charge in [-0.3, -0.25) is 4.57 Å². The van der Waals surface area contributed by atoms with Gasteiger partial charge in [0.05, 0.1) is 11.7 Å². The molecule has 2 heterocycles. The summed E-state index contributed by atoms with van der Waals surface area (Å²) in [6, 6.07) is 25.0. The Kier molecular flexibility index (Phi) is 8.86. The fourth-order valence-electron chi connectivity index (χ4n) is 4.11. The molecule has 3 aromatic rings. The monoisotopic (exact) mass is 574 g/mol. The molecule has 37 heavy (non-hydrogen) atoms. The molecule has 3 aromatic carbocycles. The molecule has 0 fully saturated rings. The number of amidine groups is 1. The summed E-state index contributed by atoms with van der Waals surface area (Å²) in [5, 5.41) is 3.12. The van der Waals surface area contributed by atoms with Crippen LogP contribution in [0, 0.1) is 0 Å². The lowest BCUT2D eigenvalue weighted by Crippen LogP contribution is -2.31. The van der Waals surface area contributed by atoms with E-state index < -0.39 is 7.60 Å². The molecule has 1 atom stereocenters. The number of fused-ring (bicyclic) bond motifs is 1. The van der Waals surface area contributed by atoms with E-state index in [9.17, 15) is 4.57 Å². The molecule has 0 N–H and O–H groups in total. The third-order valence-electron chi connectivity index (χ3n) is 5.94. The lowest BCUT2D eigenvalue weighted by Gasteiger charge is -2.35. The number of rotatable bonds is 8. The van der Waals surface area contributed by atoms with Crippen LogP contribution in [0.3, 0.4) is 0 Å². The summed E-state index contributed by atoms with van der Waals surface area (Å²) >= 11 is 7.75. The Hall–Kier alpha value is -2.51. The van der Waals surface area contributed by atoms with Gasteiger partial charge in [0, 0.05) is 35.8 Å². The zero-order valence-electron chi connectivity index (χ0n) is 20.1. The van der Waals surface area contributed by atoms with E-state index in [0.717, 1.165) is 22.4 Å². The summed E-state index contributed by atoms with van der Waals surface area (Å²) in [5.41, 5.74) is 4.02. The predicted molar refractivity (Wildman–Crippen MR) is 153 cm³/mol. The van der Waals surface area contributed by atoms with Gasteiger partial charge in [-0.1, -0.05) is 90.1 Å². The number of thioether (sulfide) groups is 1. The number of halogens is 2. The number of ether oxygens (including phenoxy) is 1. The van der Waals surface area contributed by atoms with Crippen molar-refractivity contribution in [2.45, 2.75) is 12.6 Å². The average molecular weight is 575 g/mol. The Morgan fingerprint density at radius 3 is 2.38 bits per heavy atom. The van der Waals surface area contributed by atoms with E-state index in [4.69, 9.17) is 30.4 Å². The number of hydrogen-bond donors (Lipinski definition) is 0. The zero-order valence-corrected chi connectivity index (χ0v) is 23.4. The number of benzene rings is 3. The number of para-hydroxylation sites is 1. The third-order valence-corrected chi connectivity index (χ3v) is 9.19. The van der Waals surface area contributed by atoms with Gasteiger partial charge in [-0.2, -0.15) is 0 Å². The van der Waals surface area contributed by atoms with Crippen LogP contribution < -0.4 is 4.74 Å². The van der Waals surface area contributed by atoms with Gasteiger partial charge in [0.1, 0.15) is 17.8 Å². The van der Waals surface area contributed by atoms with Crippen molar-refractivity contribution >= 4 is 54.2 Å². The molecule has 6 nitrogen and oxygen atoms in total. The van der Waals surface area contributed by atoms with Crippen LogP contribution in [-0.4, -0.2) is 24.3 Å². The summed E-state index contributed by atoms with van der Waals surface area (Å²) in [5.74, 6) is 0.688. The van der Waals surface area contributed by atoms with Gasteiger partial charge in [0.25, 0.3) is 0 Å². The molecule has 0 radical (unpaired) electrons. The summed E-state index contributed by atoms with van der Waals surface area (Å²) in [6.07, 6.45) is 2.05. The van der Waals surface area contributed by atoms with Crippen molar-refractivity contribution in [1.82, 2.24) is 4.90 Å². The van der Waals surface area contributed by atoms with Crippen LogP contribution in [-0.2, 0) is 20.2 Å². The standard InChI is InChI=1S/C27H24ClN2O4PS.ClH/c1-32-35(31,33-2)26-18-36-27-29-23(19-10-4-3-5-11-19)16-24(30(26)27)21-13-7-9-15-25(21)34-17-20-12-6-8-14-22(20)28;/h3-16,18,24H,17H2,1-2H3;1H. The molecule has 0 saturated carbocycles. The van der Waals surface area contributed by atoms with E-state index in [1.54, 1.807) is 5.41 Å². The molecular weight excluding hydrogens is 550 g/mol. The van der Waals surface area contributed by atoms with E-state index in [-0.39, 0.29) is 18.4 Å². The molecule has 2 aliphatic rings. The van der Waals surface area contributed by atoms with Crippen LogP contribution in [0.1, 0.15) is 22.7 Å². The SMILES string of the molecule is COP(=O)(OC)C1=CSC2=NC(c3ccccc3)=CC(c3ccccc3OCc3ccccc3Cl)N12.Cl. The third kappa shape index (κ3) is 5.53. The predicted octanol–water partition coefficient (Wildman–Crippen LogP) is 8.13. The first kappa shape index (κ1) is 27.5. The van der Waals surface area contributed by atoms with Crippen LogP contribution in [0.2, 0.25) is 5.02 Å². The molecule has 0 aliphatic carbocycles. The topological polar surface area (TPSA) is 60.4 Å². The minimum absolute atomic E-state index is 0. The molecule has 0 aromatic heterocycles. The largest absolute Gasteiger partial charge is 0.488 e. The maximum atomic E-state index is 13.5. The summed E-state index contributed by atoms with van der Waals surface area (Å²) in [4.78, 5) is 6.79. The summed E-state index contributed by atoms with van der Waals surface area (Å²) < 4.78 is 30.5. The first-order valence-corrected chi connectivity index (χ1v) is 14.0. The van der Waals surface area contributed by atoms with E-state index in [2.05, 4.69) is 0 Å². The van der Waals surface area contributed by atoms with Crippen molar-refractivity contribution in [3.63, 3.8) is 0 Å². The first-order chi connectivity index (χ1) is 17.5. The van der Waals surface area contributed by atoms with Crippen LogP contribution in [0.15, 0.2) is 101 Å². The van der Waals surface area contributed by atoms with Crippen LogP contribution in [0.5, 0.6) is 5.75 Å². The van der Waals surface area contributed by atoms with Crippen molar-refractivity contribution < 1.29 is 18.3 Å². The van der Waals surface area contributed by atoms with Gasteiger partial charge < -0.3 is 18.7 Å². The van der Waals surface area contributed by atoms with Crippen molar-refractivity contribution in [3.05, 3.63) is 117 Å². The molecule has 2 aliphatic heterocycles. The van der Waals surface area contributed by atoms with Crippen LogP contribution >= 0.6 is 43.4 Å². The Labute approximate surface area is 231 Å². The minimum atomic E-state index is -3.55. The molecule has 5 rings (SSSR count). The average Bonchev–Trinajstić information content (AvgIpc) is 3.37. The highest BCUT2D eigenvalue weighted by Gasteiger charge is 2.44. The smallest absolute Gasteiger partial charge is 0.377 e. The molecule has 0 bridgehead atoms.